The number of nitrogens with one attached hydrogen (secondary N) is 1. The molecule has 108 valence electrons. The van der Waals surface area contributed by atoms with Crippen molar-refractivity contribution in [1.82, 2.24) is 5.32 Å². The number of ether oxygens (including phenoxy) is 3. The van der Waals surface area contributed by atoms with Gasteiger partial charge in [0.1, 0.15) is 0 Å². The molecule has 1 fully saturated rings. The Kier molecular flexibility index (Phi) is 6.01. The average Bonchev–Trinajstić information content (AvgIpc) is 2.81. The van der Waals surface area contributed by atoms with E-state index in [9.17, 15) is 0 Å². The summed E-state index contributed by atoms with van der Waals surface area (Å²) in [4.78, 5) is 0. The molecule has 5 nitrogen and oxygen atoms in total. The standard InChI is InChI=1S/C13H28N2O3/c1-12(9-14,8-11(16-3)17-4)15-10-13(2)6-5-7-18-13/h11,15H,5-10,14H2,1-4H3. The quantitative estimate of drug-likeness (QED) is 0.634. The third-order valence-electron chi connectivity index (χ3n) is 3.78. The zero-order chi connectivity index (χ0) is 13.6. The minimum absolute atomic E-state index is 0.0634. The Labute approximate surface area is 110 Å². The molecule has 0 radical (unpaired) electrons. The lowest BCUT2D eigenvalue weighted by Gasteiger charge is -2.35. The zero-order valence-corrected chi connectivity index (χ0v) is 12.1. The molecule has 0 aromatic heterocycles. The van der Waals surface area contributed by atoms with Gasteiger partial charge in [-0.3, -0.25) is 0 Å². The van der Waals surface area contributed by atoms with Gasteiger partial charge in [-0.2, -0.15) is 0 Å². The van der Waals surface area contributed by atoms with Crippen LogP contribution in [0.25, 0.3) is 0 Å². The molecular formula is C13H28N2O3. The maximum Gasteiger partial charge on any atom is 0.158 e. The van der Waals surface area contributed by atoms with E-state index in [0.717, 1.165) is 26.0 Å². The second-order valence-electron chi connectivity index (χ2n) is 5.63. The highest BCUT2D eigenvalue weighted by molar-refractivity contribution is 4.91. The molecule has 5 heteroatoms. The number of nitrogens with two attached hydrogens (primary N) is 1. The summed E-state index contributed by atoms with van der Waals surface area (Å²) in [6.45, 7) is 6.44. The van der Waals surface area contributed by atoms with E-state index in [-0.39, 0.29) is 17.4 Å². The van der Waals surface area contributed by atoms with Crippen molar-refractivity contribution in [3.8, 4) is 0 Å². The molecule has 1 aliphatic heterocycles. The third-order valence-corrected chi connectivity index (χ3v) is 3.78. The number of hydrogen-bond acceptors (Lipinski definition) is 5. The first kappa shape index (κ1) is 15.9. The lowest BCUT2D eigenvalue weighted by atomic mass is 9.94. The smallest absolute Gasteiger partial charge is 0.158 e. The Morgan fingerprint density at radius 2 is 2.11 bits per heavy atom. The van der Waals surface area contributed by atoms with Crippen LogP contribution in [0.2, 0.25) is 0 Å². The Bertz CT molecular complexity index is 240. The molecule has 1 rings (SSSR count). The number of hydrogen-bond donors (Lipinski definition) is 2. The van der Waals surface area contributed by atoms with Crippen LogP contribution in [-0.2, 0) is 14.2 Å². The van der Waals surface area contributed by atoms with Crippen LogP contribution >= 0.6 is 0 Å². The Morgan fingerprint density at radius 3 is 2.56 bits per heavy atom. The molecule has 0 aliphatic carbocycles. The van der Waals surface area contributed by atoms with E-state index in [1.807, 2.05) is 0 Å². The maximum atomic E-state index is 5.88. The van der Waals surface area contributed by atoms with Gasteiger partial charge in [-0.05, 0) is 26.7 Å². The summed E-state index contributed by atoms with van der Waals surface area (Å²) in [7, 11) is 3.29. The first-order valence-corrected chi connectivity index (χ1v) is 6.61. The normalized spacial score (nSPS) is 27.7. The van der Waals surface area contributed by atoms with Crippen molar-refractivity contribution in [1.29, 1.82) is 0 Å². The molecule has 0 spiro atoms. The van der Waals surface area contributed by atoms with E-state index in [1.54, 1.807) is 14.2 Å². The van der Waals surface area contributed by atoms with Gasteiger partial charge in [0, 0.05) is 45.9 Å². The van der Waals surface area contributed by atoms with Crippen LogP contribution < -0.4 is 11.1 Å². The molecule has 0 amide bonds. The molecule has 0 saturated carbocycles. The van der Waals surface area contributed by atoms with Crippen LogP contribution in [0, 0.1) is 0 Å². The maximum absolute atomic E-state index is 5.88. The van der Waals surface area contributed by atoms with Crippen molar-refractivity contribution in [3.63, 3.8) is 0 Å². The van der Waals surface area contributed by atoms with Crippen molar-refractivity contribution in [2.24, 2.45) is 5.73 Å². The van der Waals surface area contributed by atoms with Gasteiger partial charge < -0.3 is 25.3 Å². The van der Waals surface area contributed by atoms with Crippen LogP contribution in [-0.4, -0.2) is 51.3 Å². The highest BCUT2D eigenvalue weighted by Crippen LogP contribution is 2.25. The van der Waals surface area contributed by atoms with Crippen molar-refractivity contribution in [2.75, 3.05) is 33.9 Å². The molecule has 0 bridgehead atoms. The van der Waals surface area contributed by atoms with Gasteiger partial charge in [-0.1, -0.05) is 0 Å². The van der Waals surface area contributed by atoms with Gasteiger partial charge in [-0.25, -0.2) is 0 Å². The molecule has 2 unspecified atom stereocenters. The Hall–Kier alpha value is -0.200. The molecule has 0 aromatic carbocycles. The molecule has 0 aromatic rings. The van der Waals surface area contributed by atoms with E-state index in [1.165, 1.54) is 0 Å². The van der Waals surface area contributed by atoms with Crippen molar-refractivity contribution < 1.29 is 14.2 Å². The average molecular weight is 260 g/mol. The molecular weight excluding hydrogens is 232 g/mol. The summed E-state index contributed by atoms with van der Waals surface area (Å²) in [5.74, 6) is 0. The summed E-state index contributed by atoms with van der Waals surface area (Å²) < 4.78 is 16.3. The van der Waals surface area contributed by atoms with Gasteiger partial charge in [-0.15, -0.1) is 0 Å². The largest absolute Gasteiger partial charge is 0.374 e. The second-order valence-corrected chi connectivity index (χ2v) is 5.63. The van der Waals surface area contributed by atoms with Crippen molar-refractivity contribution in [2.45, 2.75) is 50.5 Å². The lowest BCUT2D eigenvalue weighted by molar-refractivity contribution is -0.118. The number of rotatable bonds is 8. The monoisotopic (exact) mass is 260 g/mol. The van der Waals surface area contributed by atoms with Crippen LogP contribution in [0.1, 0.15) is 33.1 Å². The van der Waals surface area contributed by atoms with E-state index in [0.29, 0.717) is 13.0 Å². The fourth-order valence-corrected chi connectivity index (χ4v) is 2.24. The zero-order valence-electron chi connectivity index (χ0n) is 12.1. The number of methoxy groups -OCH3 is 2. The summed E-state index contributed by atoms with van der Waals surface area (Å²) in [6.07, 6.45) is 2.71. The summed E-state index contributed by atoms with van der Waals surface area (Å²) in [6, 6.07) is 0. The Morgan fingerprint density at radius 1 is 1.44 bits per heavy atom. The predicted octanol–water partition coefficient (Wildman–Crippen LogP) is 0.872. The van der Waals surface area contributed by atoms with Crippen molar-refractivity contribution >= 4 is 0 Å². The van der Waals surface area contributed by atoms with Gasteiger partial charge in [0.25, 0.3) is 0 Å². The summed E-state index contributed by atoms with van der Waals surface area (Å²) in [5, 5.41) is 3.52. The van der Waals surface area contributed by atoms with E-state index in [2.05, 4.69) is 19.2 Å². The van der Waals surface area contributed by atoms with Gasteiger partial charge >= 0.3 is 0 Å². The van der Waals surface area contributed by atoms with Gasteiger partial charge in [0.15, 0.2) is 6.29 Å². The topological polar surface area (TPSA) is 65.7 Å². The van der Waals surface area contributed by atoms with Crippen LogP contribution in [0.15, 0.2) is 0 Å². The first-order chi connectivity index (χ1) is 8.47. The van der Waals surface area contributed by atoms with Crippen LogP contribution in [0.5, 0.6) is 0 Å². The summed E-state index contributed by atoms with van der Waals surface area (Å²) >= 11 is 0. The van der Waals surface area contributed by atoms with Gasteiger partial charge in [0.05, 0.1) is 5.60 Å². The minimum Gasteiger partial charge on any atom is -0.374 e. The fraction of sp³-hybridized carbons (Fsp3) is 1.00. The van der Waals surface area contributed by atoms with Gasteiger partial charge in [0.2, 0.25) is 0 Å². The SMILES string of the molecule is COC(CC(C)(CN)NCC1(C)CCCO1)OC. The molecule has 18 heavy (non-hydrogen) atoms. The molecule has 2 atom stereocenters. The predicted molar refractivity (Wildman–Crippen MR) is 71.5 cm³/mol. The van der Waals surface area contributed by atoms with Crippen molar-refractivity contribution in [3.05, 3.63) is 0 Å². The van der Waals surface area contributed by atoms with E-state index >= 15 is 0 Å². The van der Waals surface area contributed by atoms with Crippen LogP contribution in [0.3, 0.4) is 0 Å². The second kappa shape index (κ2) is 6.82. The molecule has 1 aliphatic rings. The third kappa shape index (κ3) is 4.48. The molecule has 3 N–H and O–H groups in total. The molecule has 1 heterocycles. The Balaban J connectivity index is 2.48. The van der Waals surface area contributed by atoms with E-state index < -0.39 is 0 Å². The highest BCUT2D eigenvalue weighted by atomic mass is 16.7. The molecule has 1 saturated heterocycles. The first-order valence-electron chi connectivity index (χ1n) is 6.61. The van der Waals surface area contributed by atoms with Crippen LogP contribution in [0.4, 0.5) is 0 Å². The fourth-order valence-electron chi connectivity index (χ4n) is 2.24. The van der Waals surface area contributed by atoms with E-state index in [4.69, 9.17) is 19.9 Å². The minimum atomic E-state index is -0.233. The summed E-state index contributed by atoms with van der Waals surface area (Å²) in [5.41, 5.74) is 5.61. The highest BCUT2D eigenvalue weighted by Gasteiger charge is 2.34. The lowest BCUT2D eigenvalue weighted by Crippen LogP contribution is -2.55.